The molecule has 1 atom stereocenters. The van der Waals surface area contributed by atoms with Gasteiger partial charge in [-0.25, -0.2) is 0 Å². The van der Waals surface area contributed by atoms with Gasteiger partial charge < -0.3 is 15.5 Å². The van der Waals surface area contributed by atoms with E-state index in [4.69, 9.17) is 0 Å². The molecule has 1 unspecified atom stereocenters. The van der Waals surface area contributed by atoms with Crippen LogP contribution in [0, 0.1) is 0 Å². The molecular weight excluding hydrogens is 246 g/mol. The van der Waals surface area contributed by atoms with Gasteiger partial charge in [0.25, 0.3) is 0 Å². The van der Waals surface area contributed by atoms with Crippen LogP contribution in [-0.2, 0) is 14.4 Å². The number of likely N-dealkylation sites (N-methyl/N-ethyl adjacent to an activating group) is 1. The maximum absolute atomic E-state index is 11.9. The molecule has 2 N–H and O–H groups in total. The van der Waals surface area contributed by atoms with Crippen LogP contribution in [0.1, 0.15) is 33.1 Å². The van der Waals surface area contributed by atoms with Gasteiger partial charge in [-0.3, -0.25) is 14.4 Å². The van der Waals surface area contributed by atoms with E-state index in [-0.39, 0.29) is 24.0 Å². The summed E-state index contributed by atoms with van der Waals surface area (Å²) in [6.45, 7) is 4.49. The number of hydrogen-bond donors (Lipinski definition) is 2. The van der Waals surface area contributed by atoms with Crippen LogP contribution in [0.2, 0.25) is 0 Å². The first-order chi connectivity index (χ1) is 8.86. The van der Waals surface area contributed by atoms with Crippen LogP contribution in [0.4, 0.5) is 0 Å². The fourth-order valence-corrected chi connectivity index (χ4v) is 1.52. The molecule has 0 aliphatic heterocycles. The van der Waals surface area contributed by atoms with Crippen molar-refractivity contribution in [3.63, 3.8) is 0 Å². The number of ketones is 1. The van der Waals surface area contributed by atoms with Crippen molar-refractivity contribution in [2.45, 2.75) is 39.2 Å². The number of hydrogen-bond acceptors (Lipinski definition) is 4. The summed E-state index contributed by atoms with van der Waals surface area (Å²) in [5.41, 5.74) is 0. The lowest BCUT2D eigenvalue weighted by molar-refractivity contribution is -0.131. The summed E-state index contributed by atoms with van der Waals surface area (Å²) in [6.07, 6.45) is 1.10. The molecule has 0 rings (SSSR count). The van der Waals surface area contributed by atoms with Crippen LogP contribution in [-0.4, -0.2) is 55.7 Å². The molecule has 2 amide bonds. The highest BCUT2D eigenvalue weighted by Gasteiger charge is 2.21. The van der Waals surface area contributed by atoms with E-state index in [9.17, 15) is 14.4 Å². The van der Waals surface area contributed by atoms with Crippen molar-refractivity contribution < 1.29 is 14.4 Å². The number of rotatable bonds is 9. The standard InChI is InChI=1S/C13H25N3O3/c1-5-6-12(18)15-11(9-10(2)17)13(19)14-7-8-16(3)4/h11H,5-9H2,1-4H3,(H,14,19)(H,15,18). The van der Waals surface area contributed by atoms with Crippen molar-refractivity contribution in [2.24, 2.45) is 0 Å². The molecule has 0 saturated heterocycles. The lowest BCUT2D eigenvalue weighted by atomic mass is 10.1. The van der Waals surface area contributed by atoms with E-state index < -0.39 is 6.04 Å². The number of amides is 2. The van der Waals surface area contributed by atoms with Crippen molar-refractivity contribution in [1.82, 2.24) is 15.5 Å². The van der Waals surface area contributed by atoms with Crippen molar-refractivity contribution in [3.05, 3.63) is 0 Å². The average molecular weight is 271 g/mol. The highest BCUT2D eigenvalue weighted by atomic mass is 16.2. The zero-order valence-corrected chi connectivity index (χ0v) is 12.3. The molecule has 6 nitrogen and oxygen atoms in total. The predicted octanol–water partition coefficient (Wildman–Crippen LogP) is -0.0718. The molecule has 0 saturated carbocycles. The molecule has 6 heteroatoms. The summed E-state index contributed by atoms with van der Waals surface area (Å²) in [4.78, 5) is 36.5. The molecule has 0 aromatic rings. The molecule has 19 heavy (non-hydrogen) atoms. The van der Waals surface area contributed by atoms with E-state index >= 15 is 0 Å². The van der Waals surface area contributed by atoms with Gasteiger partial charge in [0, 0.05) is 25.9 Å². The molecule has 0 radical (unpaired) electrons. The minimum Gasteiger partial charge on any atom is -0.353 e. The first-order valence-corrected chi connectivity index (χ1v) is 6.58. The monoisotopic (exact) mass is 271 g/mol. The van der Waals surface area contributed by atoms with Crippen molar-refractivity contribution >= 4 is 17.6 Å². The number of carbonyl (C=O) groups is 3. The SMILES string of the molecule is CCCC(=O)NC(CC(C)=O)C(=O)NCCN(C)C. The molecule has 0 fully saturated rings. The summed E-state index contributed by atoms with van der Waals surface area (Å²) in [7, 11) is 3.81. The Labute approximate surface area is 114 Å². The minimum absolute atomic E-state index is 0.0310. The summed E-state index contributed by atoms with van der Waals surface area (Å²) in [5, 5.41) is 5.32. The maximum Gasteiger partial charge on any atom is 0.243 e. The topological polar surface area (TPSA) is 78.5 Å². The van der Waals surface area contributed by atoms with Gasteiger partial charge in [0.05, 0.1) is 0 Å². The lowest BCUT2D eigenvalue weighted by Crippen LogP contribution is -2.48. The van der Waals surface area contributed by atoms with Gasteiger partial charge in [-0.1, -0.05) is 6.92 Å². The van der Waals surface area contributed by atoms with E-state index in [0.717, 1.165) is 0 Å². The second kappa shape index (κ2) is 9.49. The first-order valence-electron chi connectivity index (χ1n) is 6.58. The van der Waals surface area contributed by atoms with Crippen LogP contribution >= 0.6 is 0 Å². The summed E-state index contributed by atoms with van der Waals surface area (Å²) in [5.74, 6) is -0.623. The summed E-state index contributed by atoms with van der Waals surface area (Å²) >= 11 is 0. The zero-order chi connectivity index (χ0) is 14.8. The lowest BCUT2D eigenvalue weighted by Gasteiger charge is -2.18. The second-order valence-electron chi connectivity index (χ2n) is 4.87. The Balaban J connectivity index is 4.34. The van der Waals surface area contributed by atoms with Crippen LogP contribution in [0.5, 0.6) is 0 Å². The quantitative estimate of drug-likeness (QED) is 0.615. The Bertz CT molecular complexity index is 316. The summed E-state index contributed by atoms with van der Waals surface area (Å²) < 4.78 is 0. The molecule has 0 spiro atoms. The highest BCUT2D eigenvalue weighted by Crippen LogP contribution is 1.97. The normalized spacial score (nSPS) is 12.1. The molecule has 0 aromatic carbocycles. The predicted molar refractivity (Wildman–Crippen MR) is 73.7 cm³/mol. The van der Waals surface area contributed by atoms with Crippen molar-refractivity contribution in [2.75, 3.05) is 27.2 Å². The number of nitrogens with one attached hydrogen (secondary N) is 2. The van der Waals surface area contributed by atoms with E-state index in [1.807, 2.05) is 25.9 Å². The number of carbonyl (C=O) groups excluding carboxylic acids is 3. The average Bonchev–Trinajstić information content (AvgIpc) is 2.27. The van der Waals surface area contributed by atoms with Gasteiger partial charge in [-0.2, -0.15) is 0 Å². The summed E-state index contributed by atoms with van der Waals surface area (Å²) in [6, 6.07) is -0.765. The van der Waals surface area contributed by atoms with E-state index in [1.54, 1.807) is 0 Å². The largest absolute Gasteiger partial charge is 0.353 e. The number of nitrogens with zero attached hydrogens (tertiary/aromatic N) is 1. The van der Waals surface area contributed by atoms with Gasteiger partial charge in [0.1, 0.15) is 11.8 Å². The molecule has 0 heterocycles. The van der Waals surface area contributed by atoms with Crippen molar-refractivity contribution in [1.29, 1.82) is 0 Å². The molecule has 0 aliphatic carbocycles. The van der Waals surface area contributed by atoms with Crippen LogP contribution in [0.25, 0.3) is 0 Å². The van der Waals surface area contributed by atoms with Gasteiger partial charge in [0.15, 0.2) is 0 Å². The van der Waals surface area contributed by atoms with Gasteiger partial charge in [-0.05, 0) is 27.4 Å². The molecule has 0 aromatic heterocycles. The third-order valence-electron chi connectivity index (χ3n) is 2.48. The maximum atomic E-state index is 11.9. The Morgan fingerprint density at radius 2 is 1.84 bits per heavy atom. The smallest absolute Gasteiger partial charge is 0.243 e. The zero-order valence-electron chi connectivity index (χ0n) is 12.3. The third-order valence-corrected chi connectivity index (χ3v) is 2.48. The van der Waals surface area contributed by atoms with Gasteiger partial charge in [0.2, 0.25) is 11.8 Å². The second-order valence-corrected chi connectivity index (χ2v) is 4.87. The Hall–Kier alpha value is -1.43. The minimum atomic E-state index is -0.765. The van der Waals surface area contributed by atoms with Gasteiger partial charge >= 0.3 is 0 Å². The van der Waals surface area contributed by atoms with Crippen molar-refractivity contribution in [3.8, 4) is 0 Å². The van der Waals surface area contributed by atoms with Crippen LogP contribution in [0.3, 0.4) is 0 Å². The Kier molecular flexibility index (Phi) is 8.78. The first kappa shape index (κ1) is 17.6. The van der Waals surface area contributed by atoms with E-state index in [1.165, 1.54) is 6.92 Å². The molecule has 0 bridgehead atoms. The fourth-order valence-electron chi connectivity index (χ4n) is 1.52. The van der Waals surface area contributed by atoms with Gasteiger partial charge in [-0.15, -0.1) is 0 Å². The Morgan fingerprint density at radius 3 is 2.32 bits per heavy atom. The molecular formula is C13H25N3O3. The molecule has 110 valence electrons. The van der Waals surface area contributed by atoms with Crippen LogP contribution < -0.4 is 10.6 Å². The highest BCUT2D eigenvalue weighted by molar-refractivity contribution is 5.91. The van der Waals surface area contributed by atoms with Crippen LogP contribution in [0.15, 0.2) is 0 Å². The number of Topliss-reactive ketones (excluding diaryl/α,β-unsaturated/α-hetero) is 1. The fraction of sp³-hybridized carbons (Fsp3) is 0.769. The Morgan fingerprint density at radius 1 is 1.21 bits per heavy atom. The third kappa shape index (κ3) is 9.18. The van der Waals surface area contributed by atoms with E-state index in [2.05, 4.69) is 10.6 Å². The molecule has 0 aliphatic rings. The van der Waals surface area contributed by atoms with E-state index in [0.29, 0.717) is 25.9 Å².